The van der Waals surface area contributed by atoms with Gasteiger partial charge < -0.3 is 10.6 Å². The number of halogens is 1. The third-order valence-electron chi connectivity index (χ3n) is 3.98. The Bertz CT molecular complexity index is 594. The predicted molar refractivity (Wildman–Crippen MR) is 91.3 cm³/mol. The van der Waals surface area contributed by atoms with Crippen molar-refractivity contribution in [3.8, 4) is 0 Å². The number of hydrogen-bond donors (Lipinski definition) is 2. The fraction of sp³-hybridized carbons (Fsp3) is 0.412. The highest BCUT2D eigenvalue weighted by Crippen LogP contribution is 2.20. The molecule has 5 heteroatoms. The van der Waals surface area contributed by atoms with Crippen LogP contribution in [0.2, 0.25) is 5.02 Å². The van der Waals surface area contributed by atoms with Gasteiger partial charge in [-0.15, -0.1) is 0 Å². The van der Waals surface area contributed by atoms with Gasteiger partial charge in [0.1, 0.15) is 5.82 Å². The summed E-state index contributed by atoms with van der Waals surface area (Å²) in [7, 11) is 0. The smallest absolute Gasteiger partial charge is 0.224 e. The van der Waals surface area contributed by atoms with Gasteiger partial charge in [-0.05, 0) is 36.6 Å². The number of rotatable bonds is 5. The summed E-state index contributed by atoms with van der Waals surface area (Å²) < 4.78 is 0. The standard InChI is InChI=1S/C17H21ClN4/c18-14-8-6-13(7-9-14)12-20-16-10-11-19-17(22-16)21-15-4-2-1-3-5-15/h6-11,15H,1-5,12H2,(H2,19,20,21,22). The molecule has 0 amide bonds. The summed E-state index contributed by atoms with van der Waals surface area (Å²) in [6, 6.07) is 10.2. The van der Waals surface area contributed by atoms with E-state index < -0.39 is 0 Å². The van der Waals surface area contributed by atoms with Gasteiger partial charge in [-0.25, -0.2) is 4.98 Å². The van der Waals surface area contributed by atoms with Gasteiger partial charge in [-0.3, -0.25) is 0 Å². The molecule has 2 N–H and O–H groups in total. The highest BCUT2D eigenvalue weighted by atomic mass is 35.5. The molecule has 22 heavy (non-hydrogen) atoms. The van der Waals surface area contributed by atoms with Crippen LogP contribution in [0.15, 0.2) is 36.5 Å². The molecule has 0 unspecified atom stereocenters. The monoisotopic (exact) mass is 316 g/mol. The summed E-state index contributed by atoms with van der Waals surface area (Å²) in [6.07, 6.45) is 8.17. The molecule has 1 saturated carbocycles. The number of aromatic nitrogens is 2. The number of nitrogens with one attached hydrogen (secondary N) is 2. The van der Waals surface area contributed by atoms with Crippen molar-refractivity contribution >= 4 is 23.4 Å². The van der Waals surface area contributed by atoms with Crippen molar-refractivity contribution in [3.63, 3.8) is 0 Å². The van der Waals surface area contributed by atoms with E-state index in [9.17, 15) is 0 Å². The molecule has 4 nitrogen and oxygen atoms in total. The lowest BCUT2D eigenvalue weighted by Gasteiger charge is -2.22. The molecule has 1 heterocycles. The van der Waals surface area contributed by atoms with Crippen molar-refractivity contribution in [2.24, 2.45) is 0 Å². The first-order chi connectivity index (χ1) is 10.8. The van der Waals surface area contributed by atoms with Crippen molar-refractivity contribution in [1.29, 1.82) is 0 Å². The van der Waals surface area contributed by atoms with Crippen LogP contribution in [-0.2, 0) is 6.54 Å². The Morgan fingerprint density at radius 1 is 1.05 bits per heavy atom. The van der Waals surface area contributed by atoms with Gasteiger partial charge in [0.15, 0.2) is 0 Å². The third-order valence-corrected chi connectivity index (χ3v) is 4.23. The van der Waals surface area contributed by atoms with E-state index >= 15 is 0 Å². The summed E-state index contributed by atoms with van der Waals surface area (Å²) in [5, 5.41) is 7.53. The number of benzene rings is 1. The van der Waals surface area contributed by atoms with Crippen molar-refractivity contribution in [2.45, 2.75) is 44.7 Å². The first kappa shape index (κ1) is 15.1. The second kappa shape index (κ2) is 7.45. The summed E-state index contributed by atoms with van der Waals surface area (Å²) in [4.78, 5) is 8.86. The predicted octanol–water partition coefficient (Wildman–Crippen LogP) is 4.49. The van der Waals surface area contributed by atoms with Crippen LogP contribution in [0.4, 0.5) is 11.8 Å². The van der Waals surface area contributed by atoms with Gasteiger partial charge in [-0.1, -0.05) is 43.0 Å². The van der Waals surface area contributed by atoms with Gasteiger partial charge in [0.25, 0.3) is 0 Å². The molecule has 0 atom stereocenters. The molecule has 0 bridgehead atoms. The number of anilines is 2. The molecule has 1 fully saturated rings. The van der Waals surface area contributed by atoms with Crippen molar-refractivity contribution in [3.05, 3.63) is 47.1 Å². The molecule has 116 valence electrons. The van der Waals surface area contributed by atoms with Crippen LogP contribution in [0.3, 0.4) is 0 Å². The molecule has 2 aromatic rings. The first-order valence-electron chi connectivity index (χ1n) is 7.87. The van der Waals surface area contributed by atoms with Crippen LogP contribution >= 0.6 is 11.6 Å². The third kappa shape index (κ3) is 4.34. The van der Waals surface area contributed by atoms with Gasteiger partial charge in [0.05, 0.1) is 0 Å². The minimum atomic E-state index is 0.514. The number of nitrogens with zero attached hydrogens (tertiary/aromatic N) is 2. The van der Waals surface area contributed by atoms with E-state index in [1.54, 1.807) is 6.20 Å². The second-order valence-corrected chi connectivity index (χ2v) is 6.16. The van der Waals surface area contributed by atoms with Gasteiger partial charge in [0, 0.05) is 23.8 Å². The fourth-order valence-electron chi connectivity index (χ4n) is 2.75. The minimum absolute atomic E-state index is 0.514. The SMILES string of the molecule is Clc1ccc(CNc2ccnc(NC3CCCCC3)n2)cc1. The normalized spacial score (nSPS) is 15.5. The maximum atomic E-state index is 5.89. The Morgan fingerprint density at radius 2 is 1.82 bits per heavy atom. The number of hydrogen-bond acceptors (Lipinski definition) is 4. The van der Waals surface area contributed by atoms with Gasteiger partial charge in [0.2, 0.25) is 5.95 Å². The summed E-state index contributed by atoms with van der Waals surface area (Å²) in [5.74, 6) is 1.55. The molecule has 1 aliphatic carbocycles. The average molecular weight is 317 g/mol. The zero-order chi connectivity index (χ0) is 15.2. The Morgan fingerprint density at radius 3 is 2.59 bits per heavy atom. The highest BCUT2D eigenvalue weighted by Gasteiger charge is 2.14. The Labute approximate surface area is 136 Å². The summed E-state index contributed by atoms with van der Waals surface area (Å²) >= 11 is 5.89. The Kier molecular flexibility index (Phi) is 5.11. The van der Waals surface area contributed by atoms with E-state index in [0.29, 0.717) is 12.0 Å². The largest absolute Gasteiger partial charge is 0.366 e. The lowest BCUT2D eigenvalue weighted by atomic mass is 9.96. The van der Waals surface area contributed by atoms with E-state index in [0.717, 1.165) is 17.4 Å². The molecule has 1 aromatic heterocycles. The molecule has 0 spiro atoms. The van der Waals surface area contributed by atoms with Gasteiger partial charge >= 0.3 is 0 Å². The maximum absolute atomic E-state index is 5.89. The quantitative estimate of drug-likeness (QED) is 0.853. The Hall–Kier alpha value is -1.81. The lowest BCUT2D eigenvalue weighted by molar-refractivity contribution is 0.461. The molecule has 1 aliphatic rings. The highest BCUT2D eigenvalue weighted by molar-refractivity contribution is 6.30. The molecule has 0 radical (unpaired) electrons. The van der Waals surface area contributed by atoms with E-state index in [1.807, 2.05) is 30.3 Å². The van der Waals surface area contributed by atoms with Crippen LogP contribution < -0.4 is 10.6 Å². The minimum Gasteiger partial charge on any atom is -0.366 e. The zero-order valence-electron chi connectivity index (χ0n) is 12.6. The summed E-state index contributed by atoms with van der Waals surface area (Å²) in [6.45, 7) is 0.719. The van der Waals surface area contributed by atoms with E-state index in [-0.39, 0.29) is 0 Å². The topological polar surface area (TPSA) is 49.8 Å². The van der Waals surface area contributed by atoms with Crippen LogP contribution in [-0.4, -0.2) is 16.0 Å². The van der Waals surface area contributed by atoms with Crippen molar-refractivity contribution < 1.29 is 0 Å². The Balaban J connectivity index is 1.57. The van der Waals surface area contributed by atoms with Crippen LogP contribution in [0.5, 0.6) is 0 Å². The lowest BCUT2D eigenvalue weighted by Crippen LogP contribution is -2.23. The molecular formula is C17H21ClN4. The van der Waals surface area contributed by atoms with Crippen LogP contribution in [0.25, 0.3) is 0 Å². The van der Waals surface area contributed by atoms with Crippen molar-refractivity contribution in [1.82, 2.24) is 9.97 Å². The summed E-state index contributed by atoms with van der Waals surface area (Å²) in [5.41, 5.74) is 1.17. The average Bonchev–Trinajstić information content (AvgIpc) is 2.56. The first-order valence-corrected chi connectivity index (χ1v) is 8.25. The maximum Gasteiger partial charge on any atom is 0.224 e. The molecule has 0 saturated heterocycles. The zero-order valence-corrected chi connectivity index (χ0v) is 13.3. The van der Waals surface area contributed by atoms with E-state index in [2.05, 4.69) is 20.6 Å². The second-order valence-electron chi connectivity index (χ2n) is 5.72. The molecule has 0 aliphatic heterocycles. The van der Waals surface area contributed by atoms with E-state index in [4.69, 9.17) is 11.6 Å². The van der Waals surface area contributed by atoms with Crippen molar-refractivity contribution in [2.75, 3.05) is 10.6 Å². The van der Waals surface area contributed by atoms with E-state index in [1.165, 1.54) is 37.7 Å². The molecule has 1 aromatic carbocycles. The van der Waals surface area contributed by atoms with Gasteiger partial charge in [-0.2, -0.15) is 4.98 Å². The van der Waals surface area contributed by atoms with Crippen LogP contribution in [0, 0.1) is 0 Å². The molecular weight excluding hydrogens is 296 g/mol. The van der Waals surface area contributed by atoms with Crippen LogP contribution in [0.1, 0.15) is 37.7 Å². The fourth-order valence-corrected chi connectivity index (χ4v) is 2.88. The molecule has 3 rings (SSSR count).